The number of anilines is 1. The average molecular weight is 307 g/mol. The fourth-order valence-corrected chi connectivity index (χ4v) is 1.95. The van der Waals surface area contributed by atoms with Crippen LogP contribution in [-0.4, -0.2) is 17.0 Å². The lowest BCUT2D eigenvalue weighted by molar-refractivity contribution is 0.102. The van der Waals surface area contributed by atoms with Crippen molar-refractivity contribution in [1.29, 1.82) is 0 Å². The highest BCUT2D eigenvalue weighted by molar-refractivity contribution is 6.32. The number of hydrogen-bond acceptors (Lipinski definition) is 3. The first kappa shape index (κ1) is 15.1. The Morgan fingerprint density at radius 2 is 2.10 bits per heavy atom. The summed E-state index contributed by atoms with van der Waals surface area (Å²) in [5, 5.41) is 3.01. The first-order chi connectivity index (χ1) is 9.97. The van der Waals surface area contributed by atoms with Gasteiger partial charge in [0.25, 0.3) is 5.91 Å². The smallest absolute Gasteiger partial charge is 0.261 e. The highest BCUT2D eigenvalue weighted by Gasteiger charge is 2.11. The number of carbonyl (C=O) groups excluding carboxylic acids is 1. The van der Waals surface area contributed by atoms with E-state index in [1.807, 2.05) is 13.8 Å². The van der Waals surface area contributed by atoms with Crippen LogP contribution in [-0.2, 0) is 0 Å². The Balaban J connectivity index is 2.17. The van der Waals surface area contributed by atoms with Gasteiger partial charge in [-0.25, -0.2) is 0 Å². The van der Waals surface area contributed by atoms with E-state index in [2.05, 4.69) is 10.3 Å². The van der Waals surface area contributed by atoms with E-state index in [1.165, 1.54) is 18.5 Å². The summed E-state index contributed by atoms with van der Waals surface area (Å²) in [6.07, 6.45) is 2.83. The molecule has 2 rings (SSSR count). The minimum absolute atomic E-state index is 0.00539. The largest absolute Gasteiger partial charge is 0.489 e. The molecular weight excluding hydrogens is 292 g/mol. The molecular formula is C15H15ClN2O3. The molecule has 21 heavy (non-hydrogen) atoms. The first-order valence-corrected chi connectivity index (χ1v) is 6.80. The van der Waals surface area contributed by atoms with E-state index in [9.17, 15) is 9.59 Å². The van der Waals surface area contributed by atoms with E-state index in [0.717, 1.165) is 0 Å². The van der Waals surface area contributed by atoms with E-state index in [1.54, 1.807) is 18.2 Å². The molecule has 0 saturated heterocycles. The molecule has 1 amide bonds. The molecule has 5 nitrogen and oxygen atoms in total. The molecule has 0 unspecified atom stereocenters. The van der Waals surface area contributed by atoms with Crippen LogP contribution in [0, 0.1) is 0 Å². The van der Waals surface area contributed by atoms with Gasteiger partial charge in [-0.15, -0.1) is 0 Å². The average Bonchev–Trinajstić information content (AvgIpc) is 2.42. The summed E-state index contributed by atoms with van der Waals surface area (Å²) in [5.41, 5.74) is 0.178. The van der Waals surface area contributed by atoms with Gasteiger partial charge in [0, 0.05) is 24.1 Å². The number of amides is 1. The number of aromatic nitrogens is 1. The summed E-state index contributed by atoms with van der Waals surface area (Å²) in [6.45, 7) is 3.79. The predicted octanol–water partition coefficient (Wildman–Crippen LogP) is 3.07. The van der Waals surface area contributed by atoms with Gasteiger partial charge in [-0.3, -0.25) is 9.59 Å². The van der Waals surface area contributed by atoms with Crippen LogP contribution in [0.15, 0.2) is 41.5 Å². The van der Waals surface area contributed by atoms with Gasteiger partial charge in [0.1, 0.15) is 11.3 Å². The van der Waals surface area contributed by atoms with Crippen molar-refractivity contribution >= 4 is 23.2 Å². The highest BCUT2D eigenvalue weighted by atomic mass is 35.5. The number of rotatable bonds is 4. The Morgan fingerprint density at radius 3 is 2.71 bits per heavy atom. The molecule has 0 bridgehead atoms. The standard InChI is InChI=1S/C15H15ClN2O3/c1-9(2)21-14-4-3-10(7-12(14)16)18-15(20)11-8-17-6-5-13(11)19/h3-9H,1-2H3,(H,17,19)(H,18,20). The molecule has 0 aliphatic heterocycles. The van der Waals surface area contributed by atoms with Gasteiger partial charge in [-0.2, -0.15) is 0 Å². The summed E-state index contributed by atoms with van der Waals surface area (Å²) in [4.78, 5) is 26.3. The van der Waals surface area contributed by atoms with Crippen LogP contribution in [0.2, 0.25) is 5.02 Å². The quantitative estimate of drug-likeness (QED) is 0.912. The van der Waals surface area contributed by atoms with E-state index in [-0.39, 0.29) is 17.1 Å². The summed E-state index contributed by atoms with van der Waals surface area (Å²) in [7, 11) is 0. The van der Waals surface area contributed by atoms with Gasteiger partial charge in [-0.1, -0.05) is 11.6 Å². The zero-order valence-electron chi connectivity index (χ0n) is 11.6. The van der Waals surface area contributed by atoms with E-state index < -0.39 is 5.91 Å². The Morgan fingerprint density at radius 1 is 1.33 bits per heavy atom. The predicted molar refractivity (Wildman–Crippen MR) is 82.2 cm³/mol. The second-order valence-corrected chi connectivity index (χ2v) is 5.10. The van der Waals surface area contributed by atoms with E-state index in [4.69, 9.17) is 16.3 Å². The molecule has 2 N–H and O–H groups in total. The minimum Gasteiger partial charge on any atom is -0.489 e. The molecule has 1 aromatic heterocycles. The van der Waals surface area contributed by atoms with Crippen LogP contribution in [0.1, 0.15) is 24.2 Å². The third-order valence-electron chi connectivity index (χ3n) is 2.62. The lowest BCUT2D eigenvalue weighted by Crippen LogP contribution is -2.20. The van der Waals surface area contributed by atoms with Crippen LogP contribution < -0.4 is 15.5 Å². The van der Waals surface area contributed by atoms with E-state index in [0.29, 0.717) is 16.5 Å². The molecule has 110 valence electrons. The van der Waals surface area contributed by atoms with E-state index >= 15 is 0 Å². The zero-order valence-corrected chi connectivity index (χ0v) is 12.4. The van der Waals surface area contributed by atoms with Crippen molar-refractivity contribution in [3.05, 3.63) is 57.5 Å². The molecule has 1 aromatic carbocycles. The first-order valence-electron chi connectivity index (χ1n) is 6.42. The van der Waals surface area contributed by atoms with Gasteiger partial charge in [-0.05, 0) is 32.0 Å². The van der Waals surface area contributed by atoms with Crippen molar-refractivity contribution < 1.29 is 9.53 Å². The molecule has 0 fully saturated rings. The molecule has 0 aliphatic rings. The summed E-state index contributed by atoms with van der Waals surface area (Å²) >= 11 is 6.09. The Hall–Kier alpha value is -2.27. The number of benzene rings is 1. The van der Waals surface area contributed by atoms with Crippen molar-refractivity contribution in [2.75, 3.05) is 5.32 Å². The van der Waals surface area contributed by atoms with Gasteiger partial charge < -0.3 is 15.0 Å². The number of pyridine rings is 1. The Labute approximate surface area is 126 Å². The van der Waals surface area contributed by atoms with Gasteiger partial charge in [0.05, 0.1) is 11.1 Å². The maximum atomic E-state index is 12.0. The lowest BCUT2D eigenvalue weighted by atomic mass is 10.2. The van der Waals surface area contributed by atoms with Crippen molar-refractivity contribution in [3.8, 4) is 5.75 Å². The van der Waals surface area contributed by atoms with Crippen LogP contribution in [0.25, 0.3) is 0 Å². The SMILES string of the molecule is CC(C)Oc1ccc(NC(=O)c2c[nH]ccc2=O)cc1Cl. The molecule has 0 aliphatic carbocycles. The van der Waals surface area contributed by atoms with Gasteiger partial charge in [0.15, 0.2) is 5.43 Å². The normalized spacial score (nSPS) is 10.5. The van der Waals surface area contributed by atoms with Gasteiger partial charge >= 0.3 is 0 Å². The fourth-order valence-electron chi connectivity index (χ4n) is 1.72. The van der Waals surface area contributed by atoms with Crippen molar-refractivity contribution in [1.82, 2.24) is 4.98 Å². The molecule has 1 heterocycles. The highest BCUT2D eigenvalue weighted by Crippen LogP contribution is 2.28. The maximum Gasteiger partial charge on any atom is 0.261 e. The zero-order chi connectivity index (χ0) is 15.4. The van der Waals surface area contributed by atoms with Crippen LogP contribution in [0.3, 0.4) is 0 Å². The molecule has 0 saturated carbocycles. The third kappa shape index (κ3) is 3.86. The maximum absolute atomic E-state index is 12.0. The molecule has 6 heteroatoms. The number of carbonyl (C=O) groups is 1. The Kier molecular flexibility index (Phi) is 4.65. The van der Waals surface area contributed by atoms with Crippen LogP contribution in [0.4, 0.5) is 5.69 Å². The minimum atomic E-state index is -0.495. The third-order valence-corrected chi connectivity index (χ3v) is 2.92. The topological polar surface area (TPSA) is 71.2 Å². The second-order valence-electron chi connectivity index (χ2n) is 4.69. The van der Waals surface area contributed by atoms with Gasteiger partial charge in [0.2, 0.25) is 0 Å². The number of H-pyrrole nitrogens is 1. The van der Waals surface area contributed by atoms with Crippen molar-refractivity contribution in [2.45, 2.75) is 20.0 Å². The summed E-state index contributed by atoms with van der Waals surface area (Å²) in [5.74, 6) is 0.0488. The number of aromatic amines is 1. The van der Waals surface area contributed by atoms with Crippen molar-refractivity contribution in [3.63, 3.8) is 0 Å². The number of halogens is 1. The number of ether oxygens (including phenoxy) is 1. The summed E-state index contributed by atoms with van der Waals surface area (Å²) < 4.78 is 5.51. The van der Waals surface area contributed by atoms with Crippen LogP contribution in [0.5, 0.6) is 5.75 Å². The van der Waals surface area contributed by atoms with Crippen LogP contribution >= 0.6 is 11.6 Å². The summed E-state index contributed by atoms with van der Waals surface area (Å²) in [6, 6.07) is 6.21. The Bertz CT molecular complexity index is 710. The van der Waals surface area contributed by atoms with Crippen molar-refractivity contribution in [2.24, 2.45) is 0 Å². The fraction of sp³-hybridized carbons (Fsp3) is 0.200. The number of nitrogens with one attached hydrogen (secondary N) is 2. The molecule has 2 aromatic rings. The molecule has 0 atom stereocenters. The lowest BCUT2D eigenvalue weighted by Gasteiger charge is -2.12. The monoisotopic (exact) mass is 306 g/mol. The molecule has 0 radical (unpaired) electrons. The number of hydrogen-bond donors (Lipinski definition) is 2. The molecule has 0 spiro atoms. The second kappa shape index (κ2) is 6.45.